The number of rotatable bonds is 5. The smallest absolute Gasteiger partial charge is 0.240 e. The van der Waals surface area contributed by atoms with Crippen LogP contribution in [0.5, 0.6) is 0 Å². The largest absolute Gasteiger partial charge is 0.397 e. The van der Waals surface area contributed by atoms with Crippen LogP contribution in [0.4, 0.5) is 11.4 Å². The van der Waals surface area contributed by atoms with Gasteiger partial charge in [-0.05, 0) is 25.2 Å². The van der Waals surface area contributed by atoms with Gasteiger partial charge in [0.05, 0.1) is 16.3 Å². The Morgan fingerprint density at radius 2 is 2.19 bits per heavy atom. The molecule has 0 spiro atoms. The van der Waals surface area contributed by atoms with Crippen molar-refractivity contribution in [1.29, 1.82) is 0 Å². The number of benzene rings is 1. The summed E-state index contributed by atoms with van der Waals surface area (Å²) in [5.41, 5.74) is 6.78. The van der Waals surface area contributed by atoms with Crippen LogP contribution in [0.3, 0.4) is 0 Å². The van der Waals surface area contributed by atoms with E-state index in [1.54, 1.807) is 12.1 Å². The first kappa shape index (κ1) is 12.5. The summed E-state index contributed by atoms with van der Waals surface area (Å²) in [6.07, 6.45) is 1.67. The average Bonchev–Trinajstić information content (AvgIpc) is 2.27. The molecule has 1 aromatic rings. The van der Waals surface area contributed by atoms with E-state index in [9.17, 15) is 8.42 Å². The van der Waals surface area contributed by atoms with E-state index in [1.807, 2.05) is 0 Å². The number of nitrogen functional groups attached to an aromatic ring is 1. The third-order valence-corrected chi connectivity index (χ3v) is 3.45. The monoisotopic (exact) mass is 241 g/mol. The van der Waals surface area contributed by atoms with Gasteiger partial charge in [0.2, 0.25) is 10.0 Å². The maximum Gasteiger partial charge on any atom is 0.240 e. The predicted molar refractivity (Wildman–Crippen MR) is 65.8 cm³/mol. The summed E-state index contributed by atoms with van der Waals surface area (Å²) in [4.78, 5) is 0.177. The van der Waals surface area contributed by atoms with Crippen LogP contribution < -0.4 is 15.8 Å². The molecule has 0 saturated carbocycles. The molecule has 0 radical (unpaired) electrons. The fourth-order valence-corrected chi connectivity index (χ4v) is 1.91. The van der Waals surface area contributed by atoms with E-state index in [2.05, 4.69) is 16.6 Å². The zero-order chi connectivity index (χ0) is 12.2. The maximum absolute atomic E-state index is 11.5. The first-order chi connectivity index (χ1) is 7.51. The highest BCUT2D eigenvalue weighted by atomic mass is 32.2. The molecule has 16 heavy (non-hydrogen) atoms. The fourth-order valence-electron chi connectivity index (χ4n) is 1.16. The molecule has 0 aliphatic rings. The van der Waals surface area contributed by atoms with E-state index in [-0.39, 0.29) is 4.90 Å². The van der Waals surface area contributed by atoms with Crippen molar-refractivity contribution in [2.45, 2.75) is 4.90 Å². The molecule has 88 valence electrons. The van der Waals surface area contributed by atoms with Crippen molar-refractivity contribution in [3.8, 4) is 0 Å². The minimum atomic E-state index is -3.43. The summed E-state index contributed by atoms with van der Waals surface area (Å²) in [6.45, 7) is 4.08. The molecule has 0 heterocycles. The lowest BCUT2D eigenvalue weighted by molar-refractivity contribution is 0.588. The summed E-state index contributed by atoms with van der Waals surface area (Å²) < 4.78 is 25.3. The van der Waals surface area contributed by atoms with Gasteiger partial charge in [0.1, 0.15) is 0 Å². The second kappa shape index (κ2) is 5.00. The van der Waals surface area contributed by atoms with Gasteiger partial charge in [0.25, 0.3) is 0 Å². The molecule has 6 heteroatoms. The molecule has 0 unspecified atom stereocenters. The molecule has 0 amide bonds. The molecule has 0 aromatic heterocycles. The van der Waals surface area contributed by atoms with Gasteiger partial charge >= 0.3 is 0 Å². The van der Waals surface area contributed by atoms with Crippen molar-refractivity contribution in [1.82, 2.24) is 4.72 Å². The number of nitrogens with two attached hydrogens (primary N) is 1. The van der Waals surface area contributed by atoms with E-state index in [1.165, 1.54) is 19.2 Å². The molecule has 0 aliphatic heterocycles. The molecule has 0 aliphatic carbocycles. The normalized spacial score (nSPS) is 11.1. The van der Waals surface area contributed by atoms with E-state index < -0.39 is 10.0 Å². The van der Waals surface area contributed by atoms with Crippen LogP contribution in [0.25, 0.3) is 0 Å². The van der Waals surface area contributed by atoms with Crippen molar-refractivity contribution in [3.63, 3.8) is 0 Å². The molecular weight excluding hydrogens is 226 g/mol. The minimum Gasteiger partial charge on any atom is -0.397 e. The van der Waals surface area contributed by atoms with Gasteiger partial charge in [-0.2, -0.15) is 0 Å². The predicted octanol–water partition coefficient (Wildman–Crippen LogP) is 0.775. The van der Waals surface area contributed by atoms with Crippen molar-refractivity contribution < 1.29 is 8.42 Å². The molecule has 1 aromatic carbocycles. The third-order valence-electron chi connectivity index (χ3n) is 2.04. The highest BCUT2D eigenvalue weighted by Gasteiger charge is 2.12. The molecule has 1 rings (SSSR count). The van der Waals surface area contributed by atoms with Crippen LogP contribution in [0, 0.1) is 0 Å². The SMILES string of the molecule is C=CCNc1cc(S(=O)(=O)NC)ccc1N. The minimum absolute atomic E-state index is 0.177. The zero-order valence-corrected chi connectivity index (χ0v) is 9.84. The lowest BCUT2D eigenvalue weighted by Crippen LogP contribution is -2.18. The Morgan fingerprint density at radius 3 is 2.75 bits per heavy atom. The summed E-state index contributed by atoms with van der Waals surface area (Å²) >= 11 is 0. The van der Waals surface area contributed by atoms with Gasteiger partial charge in [0, 0.05) is 6.54 Å². The number of nitrogens with one attached hydrogen (secondary N) is 2. The van der Waals surface area contributed by atoms with Crippen LogP contribution in [-0.2, 0) is 10.0 Å². The molecule has 5 nitrogen and oxygen atoms in total. The van der Waals surface area contributed by atoms with Gasteiger partial charge in [-0.3, -0.25) is 0 Å². The molecule has 0 saturated heterocycles. The van der Waals surface area contributed by atoms with Gasteiger partial charge in [0.15, 0.2) is 0 Å². The van der Waals surface area contributed by atoms with Gasteiger partial charge in [-0.15, -0.1) is 6.58 Å². The first-order valence-corrected chi connectivity index (χ1v) is 6.17. The standard InChI is InChI=1S/C10H15N3O2S/c1-3-6-13-10-7-8(4-5-9(10)11)16(14,15)12-2/h3-5,7,12-13H,1,6,11H2,2H3. The van der Waals surface area contributed by atoms with E-state index in [0.29, 0.717) is 17.9 Å². The van der Waals surface area contributed by atoms with E-state index in [4.69, 9.17) is 5.73 Å². The van der Waals surface area contributed by atoms with E-state index in [0.717, 1.165) is 0 Å². The maximum atomic E-state index is 11.5. The first-order valence-electron chi connectivity index (χ1n) is 4.69. The van der Waals surface area contributed by atoms with Crippen LogP contribution in [-0.4, -0.2) is 22.0 Å². The second-order valence-corrected chi connectivity index (χ2v) is 5.01. The Hall–Kier alpha value is -1.53. The number of hydrogen-bond donors (Lipinski definition) is 3. The quantitative estimate of drug-likeness (QED) is 0.525. The Labute approximate surface area is 95.4 Å². The Bertz CT molecular complexity index is 483. The Morgan fingerprint density at radius 1 is 1.50 bits per heavy atom. The van der Waals surface area contributed by atoms with Gasteiger partial charge in [-0.1, -0.05) is 6.08 Å². The summed E-state index contributed by atoms with van der Waals surface area (Å²) in [5.74, 6) is 0. The van der Waals surface area contributed by atoms with Gasteiger partial charge < -0.3 is 11.1 Å². The second-order valence-electron chi connectivity index (χ2n) is 3.13. The molecule has 0 bridgehead atoms. The number of anilines is 2. The lowest BCUT2D eigenvalue weighted by atomic mass is 10.2. The van der Waals surface area contributed by atoms with Crippen LogP contribution in [0.2, 0.25) is 0 Å². The van der Waals surface area contributed by atoms with Crippen molar-refractivity contribution >= 4 is 21.4 Å². The summed E-state index contributed by atoms with van der Waals surface area (Å²) in [7, 11) is -2.07. The highest BCUT2D eigenvalue weighted by Crippen LogP contribution is 2.22. The lowest BCUT2D eigenvalue weighted by Gasteiger charge is -2.09. The van der Waals surface area contributed by atoms with E-state index >= 15 is 0 Å². The third kappa shape index (κ3) is 2.74. The Kier molecular flexibility index (Phi) is 3.92. The molecule has 0 atom stereocenters. The summed E-state index contributed by atoms with van der Waals surface area (Å²) in [5, 5.41) is 2.96. The van der Waals surface area contributed by atoms with Gasteiger partial charge in [-0.25, -0.2) is 13.1 Å². The van der Waals surface area contributed by atoms with Crippen LogP contribution in [0.1, 0.15) is 0 Å². The molecule has 0 fully saturated rings. The number of sulfonamides is 1. The van der Waals surface area contributed by atoms with Crippen LogP contribution >= 0.6 is 0 Å². The van der Waals surface area contributed by atoms with Crippen LogP contribution in [0.15, 0.2) is 35.7 Å². The fraction of sp³-hybridized carbons (Fsp3) is 0.200. The van der Waals surface area contributed by atoms with Crippen molar-refractivity contribution in [2.24, 2.45) is 0 Å². The summed E-state index contributed by atoms with van der Waals surface area (Å²) in [6, 6.07) is 4.50. The Balaban J connectivity index is 3.12. The molecule has 4 N–H and O–H groups in total. The zero-order valence-electron chi connectivity index (χ0n) is 9.03. The average molecular weight is 241 g/mol. The van der Waals surface area contributed by atoms with Crippen molar-refractivity contribution in [2.75, 3.05) is 24.6 Å². The molecular formula is C10H15N3O2S. The highest BCUT2D eigenvalue weighted by molar-refractivity contribution is 7.89. The number of hydrogen-bond acceptors (Lipinski definition) is 4. The topological polar surface area (TPSA) is 84.2 Å². The van der Waals surface area contributed by atoms with Crippen molar-refractivity contribution in [3.05, 3.63) is 30.9 Å².